The SMILES string of the molecule is C=C(C=C(C)C(=O)O)C(=O)ONC(=O)OCC. The number of rotatable bonds is 4. The zero-order valence-corrected chi connectivity index (χ0v) is 9.48. The van der Waals surface area contributed by atoms with Crippen molar-refractivity contribution in [3.63, 3.8) is 0 Å². The fourth-order valence-electron chi connectivity index (χ4n) is 0.696. The number of hydrogen-bond donors (Lipinski definition) is 2. The number of amides is 1. The summed E-state index contributed by atoms with van der Waals surface area (Å²) in [6, 6.07) is 0. The number of carbonyl (C=O) groups excluding carboxylic acids is 2. The molecule has 0 heterocycles. The summed E-state index contributed by atoms with van der Waals surface area (Å²) in [5, 5.41) is 8.55. The number of carboxylic acid groups (broad SMARTS) is 1. The summed E-state index contributed by atoms with van der Waals surface area (Å²) in [6.07, 6.45) is 0.102. The van der Waals surface area contributed by atoms with Crippen molar-refractivity contribution in [3.8, 4) is 0 Å². The van der Waals surface area contributed by atoms with E-state index in [0.29, 0.717) is 0 Å². The first-order valence-electron chi connectivity index (χ1n) is 4.63. The van der Waals surface area contributed by atoms with Gasteiger partial charge in [0.1, 0.15) is 0 Å². The Morgan fingerprint density at radius 3 is 2.47 bits per heavy atom. The highest BCUT2D eigenvalue weighted by Crippen LogP contribution is 2.02. The number of carboxylic acids is 1. The third-order valence-electron chi connectivity index (χ3n) is 1.49. The number of ether oxygens (including phenoxy) is 1. The average molecular weight is 243 g/mol. The first-order chi connectivity index (χ1) is 7.88. The summed E-state index contributed by atoms with van der Waals surface area (Å²) in [4.78, 5) is 36.7. The molecule has 2 N–H and O–H groups in total. The molecule has 0 saturated heterocycles. The van der Waals surface area contributed by atoms with Crippen LogP contribution in [-0.4, -0.2) is 29.7 Å². The van der Waals surface area contributed by atoms with Crippen LogP contribution >= 0.6 is 0 Å². The van der Waals surface area contributed by atoms with Crippen LogP contribution in [0.15, 0.2) is 23.8 Å². The van der Waals surface area contributed by atoms with E-state index in [0.717, 1.165) is 6.08 Å². The van der Waals surface area contributed by atoms with Gasteiger partial charge >= 0.3 is 18.0 Å². The highest BCUT2D eigenvalue weighted by molar-refractivity contribution is 5.95. The Bertz CT molecular complexity index is 371. The van der Waals surface area contributed by atoms with Gasteiger partial charge in [0.2, 0.25) is 0 Å². The lowest BCUT2D eigenvalue weighted by Gasteiger charge is -2.05. The molecule has 0 aliphatic rings. The molecule has 0 aliphatic heterocycles. The van der Waals surface area contributed by atoms with Crippen molar-refractivity contribution in [2.75, 3.05) is 6.61 Å². The van der Waals surface area contributed by atoms with Crippen molar-refractivity contribution in [1.29, 1.82) is 0 Å². The van der Waals surface area contributed by atoms with Crippen LogP contribution in [0.2, 0.25) is 0 Å². The lowest BCUT2D eigenvalue weighted by molar-refractivity contribution is -0.144. The molecule has 0 spiro atoms. The molecular formula is C10H13NO6. The van der Waals surface area contributed by atoms with Gasteiger partial charge in [0.15, 0.2) is 0 Å². The smallest absolute Gasteiger partial charge is 0.440 e. The summed E-state index contributed by atoms with van der Waals surface area (Å²) >= 11 is 0. The molecule has 0 bridgehead atoms. The quantitative estimate of drug-likeness (QED) is 0.429. The van der Waals surface area contributed by atoms with Crippen molar-refractivity contribution >= 4 is 18.0 Å². The molecule has 0 aromatic heterocycles. The second kappa shape index (κ2) is 7.04. The molecule has 0 aromatic rings. The standard InChI is InChI=1S/C10H13NO6/c1-4-16-10(15)11-17-9(14)7(3)5-6(2)8(12)13/h5H,3-4H2,1-2H3,(H,11,15)(H,12,13). The summed E-state index contributed by atoms with van der Waals surface area (Å²) < 4.78 is 4.42. The van der Waals surface area contributed by atoms with Crippen LogP contribution in [0.1, 0.15) is 13.8 Å². The molecule has 7 nitrogen and oxygen atoms in total. The zero-order valence-electron chi connectivity index (χ0n) is 9.48. The van der Waals surface area contributed by atoms with Crippen molar-refractivity contribution < 1.29 is 29.1 Å². The molecule has 7 heteroatoms. The fraction of sp³-hybridized carbons (Fsp3) is 0.300. The van der Waals surface area contributed by atoms with E-state index in [2.05, 4.69) is 16.2 Å². The van der Waals surface area contributed by atoms with Gasteiger partial charge in [-0.2, -0.15) is 0 Å². The van der Waals surface area contributed by atoms with Gasteiger partial charge in [0, 0.05) is 5.57 Å². The summed E-state index contributed by atoms with van der Waals surface area (Å²) in [7, 11) is 0. The number of nitrogens with one attached hydrogen (secondary N) is 1. The molecule has 0 rings (SSSR count). The maximum atomic E-state index is 11.2. The monoisotopic (exact) mass is 243 g/mol. The van der Waals surface area contributed by atoms with E-state index in [9.17, 15) is 14.4 Å². The van der Waals surface area contributed by atoms with Crippen molar-refractivity contribution in [3.05, 3.63) is 23.8 Å². The maximum absolute atomic E-state index is 11.2. The van der Waals surface area contributed by atoms with Gasteiger partial charge in [-0.15, -0.1) is 5.48 Å². The molecule has 0 aliphatic carbocycles. The summed E-state index contributed by atoms with van der Waals surface area (Å²) in [6.45, 7) is 6.30. The summed E-state index contributed by atoms with van der Waals surface area (Å²) in [5.41, 5.74) is 1.43. The number of hydrogen-bond acceptors (Lipinski definition) is 5. The second-order valence-electron chi connectivity index (χ2n) is 2.87. The lowest BCUT2D eigenvalue weighted by atomic mass is 10.2. The minimum atomic E-state index is -1.18. The van der Waals surface area contributed by atoms with Gasteiger partial charge in [-0.3, -0.25) is 0 Å². The Balaban J connectivity index is 4.25. The van der Waals surface area contributed by atoms with E-state index >= 15 is 0 Å². The van der Waals surface area contributed by atoms with Gasteiger partial charge in [-0.05, 0) is 19.9 Å². The molecule has 0 unspecified atom stereocenters. The Labute approximate surface area is 97.7 Å². The number of aliphatic carboxylic acids is 1. The lowest BCUT2D eigenvalue weighted by Crippen LogP contribution is -2.28. The Hall–Kier alpha value is -2.31. The van der Waals surface area contributed by atoms with Crippen LogP contribution in [0.25, 0.3) is 0 Å². The van der Waals surface area contributed by atoms with Crippen LogP contribution < -0.4 is 5.48 Å². The van der Waals surface area contributed by atoms with Crippen molar-refractivity contribution in [2.45, 2.75) is 13.8 Å². The molecule has 17 heavy (non-hydrogen) atoms. The van der Waals surface area contributed by atoms with Crippen molar-refractivity contribution in [2.24, 2.45) is 0 Å². The highest BCUT2D eigenvalue weighted by Gasteiger charge is 2.11. The van der Waals surface area contributed by atoms with Crippen LogP contribution in [-0.2, 0) is 19.2 Å². The predicted octanol–water partition coefficient (Wildman–Crippen LogP) is 0.778. The third-order valence-corrected chi connectivity index (χ3v) is 1.49. The number of hydroxylamine groups is 1. The molecule has 1 amide bonds. The first-order valence-corrected chi connectivity index (χ1v) is 4.63. The molecule has 0 radical (unpaired) electrons. The van der Waals surface area contributed by atoms with Crippen LogP contribution in [0.4, 0.5) is 4.79 Å². The van der Waals surface area contributed by atoms with Crippen LogP contribution in [0.5, 0.6) is 0 Å². The minimum absolute atomic E-state index is 0.0805. The Morgan fingerprint density at radius 2 is 2.00 bits per heavy atom. The Morgan fingerprint density at radius 1 is 1.41 bits per heavy atom. The van der Waals surface area contributed by atoms with Crippen molar-refractivity contribution in [1.82, 2.24) is 5.48 Å². The second-order valence-corrected chi connectivity index (χ2v) is 2.87. The zero-order chi connectivity index (χ0) is 13.4. The first kappa shape index (κ1) is 14.7. The van der Waals surface area contributed by atoms with Gasteiger partial charge in [-0.1, -0.05) is 6.58 Å². The van der Waals surface area contributed by atoms with E-state index in [-0.39, 0.29) is 17.8 Å². The van der Waals surface area contributed by atoms with E-state index in [1.54, 1.807) is 12.4 Å². The fourth-order valence-corrected chi connectivity index (χ4v) is 0.696. The topological polar surface area (TPSA) is 102 Å². The van der Waals surface area contributed by atoms with E-state index in [1.807, 2.05) is 0 Å². The van der Waals surface area contributed by atoms with Crippen LogP contribution in [0, 0.1) is 0 Å². The highest BCUT2D eigenvalue weighted by atomic mass is 16.7. The molecule has 0 fully saturated rings. The van der Waals surface area contributed by atoms with Crippen LogP contribution in [0.3, 0.4) is 0 Å². The van der Waals surface area contributed by atoms with E-state index in [1.165, 1.54) is 6.92 Å². The number of carbonyl (C=O) groups is 3. The molecule has 0 atom stereocenters. The molecule has 0 saturated carbocycles. The van der Waals surface area contributed by atoms with Gasteiger partial charge in [-0.25, -0.2) is 14.4 Å². The summed E-state index contributed by atoms with van der Waals surface area (Å²) in [5.74, 6) is -2.16. The molecule has 0 aromatic carbocycles. The average Bonchev–Trinajstić information content (AvgIpc) is 2.25. The normalized spacial score (nSPS) is 10.4. The largest absolute Gasteiger partial charge is 0.478 e. The maximum Gasteiger partial charge on any atom is 0.440 e. The van der Waals surface area contributed by atoms with E-state index < -0.39 is 18.0 Å². The minimum Gasteiger partial charge on any atom is -0.478 e. The van der Waals surface area contributed by atoms with Gasteiger partial charge in [0.05, 0.1) is 12.2 Å². The predicted molar refractivity (Wildman–Crippen MR) is 56.8 cm³/mol. The third kappa shape index (κ3) is 5.98. The van der Waals surface area contributed by atoms with Gasteiger partial charge in [0.25, 0.3) is 0 Å². The van der Waals surface area contributed by atoms with Gasteiger partial charge < -0.3 is 14.7 Å². The Kier molecular flexibility index (Phi) is 6.09. The molecular weight excluding hydrogens is 230 g/mol. The molecule has 94 valence electrons. The van der Waals surface area contributed by atoms with E-state index in [4.69, 9.17) is 5.11 Å².